The van der Waals surface area contributed by atoms with E-state index in [4.69, 9.17) is 15.2 Å². The van der Waals surface area contributed by atoms with E-state index in [1.807, 2.05) is 30.3 Å². The van der Waals surface area contributed by atoms with E-state index in [2.05, 4.69) is 38.2 Å². The maximum atomic E-state index is 13.9. The molecule has 1 saturated heterocycles. The number of benzene rings is 1. The van der Waals surface area contributed by atoms with Crippen LogP contribution in [0.2, 0.25) is 0 Å². The lowest BCUT2D eigenvalue weighted by molar-refractivity contribution is 0.0988. The van der Waals surface area contributed by atoms with Crippen molar-refractivity contribution < 1.29 is 9.18 Å². The summed E-state index contributed by atoms with van der Waals surface area (Å²) in [6.07, 6.45) is 4.69. The summed E-state index contributed by atoms with van der Waals surface area (Å²) in [6.45, 7) is 3.62. The smallest absolute Gasteiger partial charge is 0.189 e. The Morgan fingerprint density at radius 3 is 2.58 bits per heavy atom. The molecule has 4 heterocycles. The molecule has 1 fully saturated rings. The molecule has 0 unspecified atom stereocenters. The fourth-order valence-corrected chi connectivity index (χ4v) is 4.76. The first kappa shape index (κ1) is 25.4. The van der Waals surface area contributed by atoms with E-state index in [0.717, 1.165) is 43.1 Å². The van der Waals surface area contributed by atoms with Crippen molar-refractivity contribution in [1.82, 2.24) is 24.8 Å². The molecule has 0 radical (unpaired) electrons. The number of carbonyl (C=O) groups excluding carboxylic acids is 1. The van der Waals surface area contributed by atoms with Crippen molar-refractivity contribution in [2.24, 2.45) is 0 Å². The molecule has 1 aliphatic heterocycles. The Kier molecular flexibility index (Phi) is 7.62. The van der Waals surface area contributed by atoms with E-state index in [1.165, 1.54) is 36.0 Å². The molecule has 0 spiro atoms. The van der Waals surface area contributed by atoms with Crippen LogP contribution < -0.4 is 10.2 Å². The molecular formula is C27H25FN8OS. The summed E-state index contributed by atoms with van der Waals surface area (Å²) < 4.78 is 13.9. The lowest BCUT2D eigenvalue weighted by Gasteiger charge is -2.33. The minimum absolute atomic E-state index is 0.00662. The molecule has 38 heavy (non-hydrogen) atoms. The Bertz CT molecular complexity index is 1480. The van der Waals surface area contributed by atoms with Gasteiger partial charge in [0.2, 0.25) is 0 Å². The number of nitriles is 1. The van der Waals surface area contributed by atoms with Gasteiger partial charge >= 0.3 is 0 Å². The molecule has 5 rings (SSSR count). The van der Waals surface area contributed by atoms with Crippen LogP contribution in [0, 0.1) is 17.1 Å². The van der Waals surface area contributed by atoms with Gasteiger partial charge in [-0.2, -0.15) is 5.26 Å². The monoisotopic (exact) mass is 528 g/mol. The average Bonchev–Trinajstić information content (AvgIpc) is 3.38. The number of pyridine rings is 1. The van der Waals surface area contributed by atoms with Gasteiger partial charge in [0, 0.05) is 57.5 Å². The zero-order valence-corrected chi connectivity index (χ0v) is 21.6. The van der Waals surface area contributed by atoms with E-state index in [0.29, 0.717) is 28.1 Å². The molecular weight excluding hydrogens is 503 g/mol. The summed E-state index contributed by atoms with van der Waals surface area (Å²) in [7, 11) is 2.11. The fraction of sp³-hybridized carbons (Fsp3) is 0.259. The normalized spacial score (nSPS) is 13.8. The van der Waals surface area contributed by atoms with Gasteiger partial charge in [0.1, 0.15) is 34.2 Å². The number of nitrogens with one attached hydrogen (secondary N) is 1. The second-order valence-electron chi connectivity index (χ2n) is 9.03. The minimum atomic E-state index is -0.565. The number of hydrogen-bond donors (Lipinski definition) is 1. The van der Waals surface area contributed by atoms with E-state index >= 15 is 0 Å². The van der Waals surface area contributed by atoms with Gasteiger partial charge in [-0.15, -0.1) is 0 Å². The summed E-state index contributed by atoms with van der Waals surface area (Å²) in [4.78, 5) is 35.2. The largest absolute Gasteiger partial charge is 0.354 e. The average molecular weight is 529 g/mol. The van der Waals surface area contributed by atoms with Crippen molar-refractivity contribution in [3.8, 4) is 6.07 Å². The van der Waals surface area contributed by atoms with Crippen LogP contribution in [0.1, 0.15) is 32.2 Å². The summed E-state index contributed by atoms with van der Waals surface area (Å²) >= 11 is 1.27. The zero-order valence-electron chi connectivity index (χ0n) is 20.8. The van der Waals surface area contributed by atoms with Gasteiger partial charge in [-0.25, -0.2) is 19.3 Å². The molecule has 3 aromatic heterocycles. The number of piperazine rings is 1. The summed E-state index contributed by atoms with van der Waals surface area (Å²) in [5.41, 5.74) is 1.76. The summed E-state index contributed by atoms with van der Waals surface area (Å²) in [5, 5.41) is 12.9. The van der Waals surface area contributed by atoms with Crippen LogP contribution in [-0.4, -0.2) is 63.8 Å². The van der Waals surface area contributed by atoms with E-state index in [9.17, 15) is 9.18 Å². The Balaban J connectivity index is 1.34. The quantitative estimate of drug-likeness (QED) is 0.341. The van der Waals surface area contributed by atoms with Gasteiger partial charge in [-0.1, -0.05) is 35.6 Å². The van der Waals surface area contributed by atoms with Crippen LogP contribution in [-0.2, 0) is 12.8 Å². The fourth-order valence-electron chi connectivity index (χ4n) is 4.14. The number of rotatable bonds is 8. The Hall–Kier alpha value is -4.27. The van der Waals surface area contributed by atoms with E-state index < -0.39 is 5.82 Å². The lowest BCUT2D eigenvalue weighted by Crippen LogP contribution is -2.44. The van der Waals surface area contributed by atoms with Crippen molar-refractivity contribution in [1.29, 1.82) is 5.26 Å². The van der Waals surface area contributed by atoms with Crippen molar-refractivity contribution in [2.45, 2.75) is 12.8 Å². The molecule has 4 aromatic rings. The number of nitrogens with zero attached hydrogens (tertiary/aromatic N) is 7. The molecule has 0 bridgehead atoms. The van der Waals surface area contributed by atoms with Crippen LogP contribution in [0.25, 0.3) is 0 Å². The molecule has 0 atom stereocenters. The van der Waals surface area contributed by atoms with Crippen LogP contribution in [0.5, 0.6) is 0 Å². The molecule has 1 aromatic carbocycles. The van der Waals surface area contributed by atoms with Crippen molar-refractivity contribution in [3.63, 3.8) is 0 Å². The summed E-state index contributed by atoms with van der Waals surface area (Å²) in [5.74, 6) is 1.21. The van der Waals surface area contributed by atoms with Crippen molar-refractivity contribution in [3.05, 3.63) is 88.2 Å². The zero-order chi connectivity index (χ0) is 26.5. The molecule has 11 heteroatoms. The molecule has 0 amide bonds. The third-order valence-corrected chi connectivity index (χ3v) is 7.07. The second-order valence-corrected chi connectivity index (χ2v) is 10.1. The van der Waals surface area contributed by atoms with Crippen molar-refractivity contribution in [2.75, 3.05) is 43.4 Å². The van der Waals surface area contributed by atoms with E-state index in [-0.39, 0.29) is 17.8 Å². The third-order valence-electron chi connectivity index (χ3n) is 6.26. The van der Waals surface area contributed by atoms with Crippen LogP contribution in [0.3, 0.4) is 0 Å². The maximum Gasteiger partial charge on any atom is 0.189 e. The number of anilines is 3. The highest BCUT2D eigenvalue weighted by Gasteiger charge is 2.18. The Morgan fingerprint density at radius 1 is 1.11 bits per heavy atom. The van der Waals surface area contributed by atoms with Crippen LogP contribution in [0.4, 0.5) is 21.2 Å². The highest BCUT2D eigenvalue weighted by atomic mass is 32.1. The number of thiazole rings is 1. The van der Waals surface area contributed by atoms with Crippen molar-refractivity contribution >= 4 is 33.9 Å². The van der Waals surface area contributed by atoms with Crippen LogP contribution >= 0.6 is 11.3 Å². The summed E-state index contributed by atoms with van der Waals surface area (Å²) in [6, 6.07) is 12.8. The highest BCUT2D eigenvalue weighted by Crippen LogP contribution is 2.25. The minimum Gasteiger partial charge on any atom is -0.354 e. The maximum absolute atomic E-state index is 13.9. The molecule has 1 N–H and O–H groups in total. The first-order valence-corrected chi connectivity index (χ1v) is 12.9. The predicted molar refractivity (Wildman–Crippen MR) is 143 cm³/mol. The number of halogens is 1. The van der Waals surface area contributed by atoms with Gasteiger partial charge in [-0.3, -0.25) is 9.78 Å². The van der Waals surface area contributed by atoms with Gasteiger partial charge in [-0.05, 0) is 24.2 Å². The van der Waals surface area contributed by atoms with Crippen LogP contribution in [0.15, 0.2) is 55.0 Å². The van der Waals surface area contributed by atoms with Gasteiger partial charge in [0.05, 0.1) is 11.8 Å². The lowest BCUT2D eigenvalue weighted by atomic mass is 10.0. The first-order valence-electron chi connectivity index (χ1n) is 12.1. The Morgan fingerprint density at radius 2 is 1.87 bits per heavy atom. The number of ketones is 1. The van der Waals surface area contributed by atoms with Gasteiger partial charge in [0.25, 0.3) is 0 Å². The standard InChI is InChI=1S/C27H25FN8OS/c1-35-8-10-36(11-9-35)26-14-25(34-27-31-16-20(15-29)38-27)32-24(33-26)13-19-4-2-18(3-5-19)12-23(37)21-17-30-7-6-22(21)28/h2-7,14,16-17H,8-13H2,1H3,(H,31,32,33,34). The molecule has 0 aliphatic carbocycles. The number of Topliss-reactive ketones (excluding diaryl/α,β-unsaturated/α-hetero) is 1. The number of aromatic nitrogens is 4. The van der Waals surface area contributed by atoms with Gasteiger partial charge < -0.3 is 15.1 Å². The number of likely N-dealkylation sites (N-methyl/N-ethyl adjacent to an activating group) is 1. The van der Waals surface area contributed by atoms with Gasteiger partial charge in [0.15, 0.2) is 10.9 Å². The second kappa shape index (κ2) is 11.4. The molecule has 0 saturated carbocycles. The third kappa shape index (κ3) is 6.16. The first-order chi connectivity index (χ1) is 18.5. The molecule has 1 aliphatic rings. The predicted octanol–water partition coefficient (Wildman–Crippen LogP) is 3.85. The number of carbonyl (C=O) groups is 1. The SMILES string of the molecule is CN1CCN(c2cc(Nc3ncc(C#N)s3)nc(Cc3ccc(CC(=O)c4cnccc4F)cc3)n2)CC1. The molecule has 192 valence electrons. The van der Waals surface area contributed by atoms with E-state index in [1.54, 1.807) is 0 Å². The highest BCUT2D eigenvalue weighted by molar-refractivity contribution is 7.16. The molecule has 9 nitrogen and oxygen atoms in total. The Labute approximate surface area is 223 Å². The number of hydrogen-bond acceptors (Lipinski definition) is 10. The topological polar surface area (TPSA) is 111 Å².